The van der Waals surface area contributed by atoms with Crippen molar-refractivity contribution in [3.05, 3.63) is 66.0 Å². The van der Waals surface area contributed by atoms with Gasteiger partial charge in [0.25, 0.3) is 0 Å². The average molecular weight is 353 g/mol. The van der Waals surface area contributed by atoms with Crippen molar-refractivity contribution in [1.29, 1.82) is 0 Å². The van der Waals surface area contributed by atoms with Gasteiger partial charge in [-0.1, -0.05) is 42.4 Å². The molecular formula is C21H21ClN2O. The highest BCUT2D eigenvalue weighted by atomic mass is 35.5. The van der Waals surface area contributed by atoms with Gasteiger partial charge in [-0.25, -0.2) is 4.98 Å². The molecule has 0 saturated carbocycles. The number of halogens is 1. The summed E-state index contributed by atoms with van der Waals surface area (Å²) >= 11 is 6.35. The zero-order valence-corrected chi connectivity index (χ0v) is 15.3. The van der Waals surface area contributed by atoms with Crippen LogP contribution < -0.4 is 4.90 Å². The van der Waals surface area contributed by atoms with Gasteiger partial charge in [-0.2, -0.15) is 0 Å². The largest absolute Gasteiger partial charge is 0.436 e. The van der Waals surface area contributed by atoms with E-state index in [0.717, 1.165) is 29.9 Å². The molecule has 0 aliphatic rings. The van der Waals surface area contributed by atoms with Crippen LogP contribution in [0.3, 0.4) is 0 Å². The SMILES string of the molecule is C=Cc1nc(-c2ccc(N(CC)CC)cc2)c(-c2ccccc2Cl)o1. The Hall–Kier alpha value is -2.52. The van der Waals surface area contributed by atoms with Crippen molar-refractivity contribution >= 4 is 23.4 Å². The minimum absolute atomic E-state index is 0.484. The van der Waals surface area contributed by atoms with E-state index in [1.807, 2.05) is 24.3 Å². The van der Waals surface area contributed by atoms with Gasteiger partial charge in [0, 0.05) is 29.9 Å². The number of nitrogens with zero attached hydrogens (tertiary/aromatic N) is 2. The lowest BCUT2D eigenvalue weighted by atomic mass is 10.1. The molecule has 0 fully saturated rings. The number of anilines is 1. The Bertz CT molecular complexity index is 864. The van der Waals surface area contributed by atoms with Crippen LogP contribution in [-0.2, 0) is 0 Å². The molecule has 25 heavy (non-hydrogen) atoms. The molecule has 0 radical (unpaired) electrons. The molecule has 3 aromatic rings. The number of hydrogen-bond acceptors (Lipinski definition) is 3. The molecule has 0 atom stereocenters. The highest BCUT2D eigenvalue weighted by Crippen LogP contribution is 2.37. The lowest BCUT2D eigenvalue weighted by molar-refractivity contribution is 0.560. The zero-order valence-electron chi connectivity index (χ0n) is 14.5. The molecule has 0 bridgehead atoms. The number of oxazole rings is 1. The summed E-state index contributed by atoms with van der Waals surface area (Å²) in [6, 6.07) is 16.0. The highest BCUT2D eigenvalue weighted by molar-refractivity contribution is 6.33. The maximum atomic E-state index is 6.35. The molecule has 1 heterocycles. The molecule has 2 aromatic carbocycles. The first-order valence-electron chi connectivity index (χ1n) is 8.41. The van der Waals surface area contributed by atoms with E-state index in [0.29, 0.717) is 16.7 Å². The smallest absolute Gasteiger partial charge is 0.219 e. The number of aromatic nitrogens is 1. The fraction of sp³-hybridized carbons (Fsp3) is 0.190. The third-order valence-electron chi connectivity index (χ3n) is 4.21. The molecule has 3 rings (SSSR count). The normalized spacial score (nSPS) is 10.7. The molecule has 4 heteroatoms. The van der Waals surface area contributed by atoms with E-state index in [9.17, 15) is 0 Å². The van der Waals surface area contributed by atoms with Crippen molar-refractivity contribution < 1.29 is 4.42 Å². The molecule has 0 aliphatic heterocycles. The predicted octanol–water partition coefficient (Wildman–Crippen LogP) is 6.15. The highest BCUT2D eigenvalue weighted by Gasteiger charge is 2.18. The lowest BCUT2D eigenvalue weighted by Crippen LogP contribution is -2.21. The van der Waals surface area contributed by atoms with Crippen LogP contribution in [0.1, 0.15) is 19.7 Å². The Morgan fingerprint density at radius 1 is 1.08 bits per heavy atom. The molecule has 0 saturated heterocycles. The summed E-state index contributed by atoms with van der Waals surface area (Å²) in [5, 5.41) is 0.635. The van der Waals surface area contributed by atoms with Gasteiger partial charge in [-0.05, 0) is 44.2 Å². The Morgan fingerprint density at radius 3 is 2.36 bits per heavy atom. The maximum absolute atomic E-state index is 6.35. The Kier molecular flexibility index (Phi) is 5.25. The molecular weight excluding hydrogens is 332 g/mol. The second-order valence-corrected chi connectivity index (χ2v) is 6.04. The van der Waals surface area contributed by atoms with Crippen LogP contribution in [0, 0.1) is 0 Å². The van der Waals surface area contributed by atoms with Gasteiger partial charge in [-0.3, -0.25) is 0 Å². The van der Waals surface area contributed by atoms with Crippen LogP contribution in [0.25, 0.3) is 28.7 Å². The second-order valence-electron chi connectivity index (χ2n) is 5.63. The Labute approximate surface area is 153 Å². The van der Waals surface area contributed by atoms with E-state index in [-0.39, 0.29) is 0 Å². The van der Waals surface area contributed by atoms with Crippen molar-refractivity contribution in [2.45, 2.75) is 13.8 Å². The number of hydrogen-bond donors (Lipinski definition) is 0. The second kappa shape index (κ2) is 7.58. The van der Waals surface area contributed by atoms with E-state index in [4.69, 9.17) is 16.0 Å². The van der Waals surface area contributed by atoms with Crippen LogP contribution in [0.4, 0.5) is 5.69 Å². The summed E-state index contributed by atoms with van der Waals surface area (Å²) < 4.78 is 5.88. The monoisotopic (exact) mass is 352 g/mol. The lowest BCUT2D eigenvalue weighted by Gasteiger charge is -2.21. The predicted molar refractivity (Wildman–Crippen MR) is 106 cm³/mol. The van der Waals surface area contributed by atoms with Gasteiger partial charge < -0.3 is 9.32 Å². The molecule has 3 nitrogen and oxygen atoms in total. The van der Waals surface area contributed by atoms with Crippen molar-refractivity contribution in [1.82, 2.24) is 4.98 Å². The van der Waals surface area contributed by atoms with Gasteiger partial charge in [0.1, 0.15) is 5.69 Å². The third kappa shape index (κ3) is 3.47. The summed E-state index contributed by atoms with van der Waals surface area (Å²) in [5.74, 6) is 1.15. The van der Waals surface area contributed by atoms with Crippen molar-refractivity contribution in [2.75, 3.05) is 18.0 Å². The van der Waals surface area contributed by atoms with Gasteiger partial charge in [0.15, 0.2) is 5.76 Å². The molecule has 0 aliphatic carbocycles. The molecule has 0 unspecified atom stereocenters. The number of rotatable bonds is 6. The fourth-order valence-electron chi connectivity index (χ4n) is 2.87. The minimum atomic E-state index is 0.484. The van der Waals surface area contributed by atoms with Gasteiger partial charge in [0.2, 0.25) is 5.89 Å². The zero-order chi connectivity index (χ0) is 17.8. The summed E-state index contributed by atoms with van der Waals surface area (Å²) in [5.41, 5.74) is 3.78. The third-order valence-corrected chi connectivity index (χ3v) is 4.54. The van der Waals surface area contributed by atoms with E-state index in [2.05, 4.69) is 54.6 Å². The molecule has 128 valence electrons. The first-order chi connectivity index (χ1) is 12.2. The summed E-state index contributed by atoms with van der Waals surface area (Å²) in [7, 11) is 0. The molecule has 0 amide bonds. The van der Waals surface area contributed by atoms with E-state index in [1.54, 1.807) is 6.08 Å². The number of benzene rings is 2. The average Bonchev–Trinajstić information content (AvgIpc) is 3.08. The van der Waals surface area contributed by atoms with Gasteiger partial charge in [0.05, 0.1) is 5.02 Å². The van der Waals surface area contributed by atoms with Crippen molar-refractivity contribution in [3.8, 4) is 22.6 Å². The minimum Gasteiger partial charge on any atom is -0.436 e. The Balaban J connectivity index is 2.07. The van der Waals surface area contributed by atoms with Crippen molar-refractivity contribution in [2.24, 2.45) is 0 Å². The fourth-order valence-corrected chi connectivity index (χ4v) is 3.09. The molecule has 0 spiro atoms. The molecule has 1 aromatic heterocycles. The van der Waals surface area contributed by atoms with Crippen LogP contribution in [-0.4, -0.2) is 18.1 Å². The summed E-state index contributed by atoms with van der Waals surface area (Å²) in [6.07, 6.45) is 1.61. The molecule has 0 N–H and O–H groups in total. The maximum Gasteiger partial charge on any atom is 0.219 e. The standard InChI is InChI=1S/C21H21ClN2O/c1-4-19-23-20(21(25-19)17-9-7-8-10-18(17)22)15-11-13-16(14-12-15)24(5-2)6-3/h4,7-14H,1,5-6H2,2-3H3. The quantitative estimate of drug-likeness (QED) is 0.532. The van der Waals surface area contributed by atoms with Crippen molar-refractivity contribution in [3.63, 3.8) is 0 Å². The van der Waals surface area contributed by atoms with E-state index < -0.39 is 0 Å². The van der Waals surface area contributed by atoms with Crippen LogP contribution in [0.2, 0.25) is 5.02 Å². The van der Waals surface area contributed by atoms with Crippen LogP contribution in [0.5, 0.6) is 0 Å². The topological polar surface area (TPSA) is 29.3 Å². The van der Waals surface area contributed by atoms with Gasteiger partial charge >= 0.3 is 0 Å². The summed E-state index contributed by atoms with van der Waals surface area (Å²) in [6.45, 7) is 10.0. The Morgan fingerprint density at radius 2 is 1.76 bits per heavy atom. The van der Waals surface area contributed by atoms with E-state index in [1.165, 1.54) is 5.69 Å². The summed E-state index contributed by atoms with van der Waals surface area (Å²) in [4.78, 5) is 6.88. The van der Waals surface area contributed by atoms with E-state index >= 15 is 0 Å². The van der Waals surface area contributed by atoms with Crippen LogP contribution >= 0.6 is 11.6 Å². The van der Waals surface area contributed by atoms with Gasteiger partial charge in [-0.15, -0.1) is 0 Å². The first kappa shape index (κ1) is 17.3. The first-order valence-corrected chi connectivity index (χ1v) is 8.79. The van der Waals surface area contributed by atoms with Crippen LogP contribution in [0.15, 0.2) is 59.5 Å².